The molecule has 0 spiro atoms. The Kier molecular flexibility index (Phi) is 4.89. The molecule has 2 aromatic carbocycles. The molecule has 0 unspecified atom stereocenters. The first-order chi connectivity index (χ1) is 11.7. The maximum atomic E-state index is 12.5. The van der Waals surface area contributed by atoms with Gasteiger partial charge >= 0.3 is 0 Å². The van der Waals surface area contributed by atoms with E-state index in [2.05, 4.69) is 5.32 Å². The van der Waals surface area contributed by atoms with Gasteiger partial charge in [0.05, 0.1) is 0 Å². The van der Waals surface area contributed by atoms with Gasteiger partial charge in [0, 0.05) is 11.8 Å². The zero-order valence-corrected chi connectivity index (χ0v) is 13.9. The Balaban J connectivity index is 1.68. The first-order valence-corrected chi connectivity index (χ1v) is 8.09. The smallest absolute Gasteiger partial charge is 0.265 e. The Morgan fingerprint density at radius 1 is 1.17 bits per heavy atom. The lowest BCUT2D eigenvalue weighted by molar-refractivity contribution is -0.122. The van der Waals surface area contributed by atoms with Gasteiger partial charge in [0.25, 0.3) is 5.91 Å². The van der Waals surface area contributed by atoms with Gasteiger partial charge in [-0.2, -0.15) is 0 Å². The van der Waals surface area contributed by atoms with E-state index in [1.807, 2.05) is 38.1 Å². The lowest BCUT2D eigenvalue weighted by Crippen LogP contribution is -2.32. The molecule has 1 N–H and O–H groups in total. The standard InChI is InChI=1S/C19H21NO4/c1-3-16(24-15-6-4-5-13(2)11-15)19(21)20-14-7-8-17-18(12-14)23-10-9-22-17/h4-8,11-12,16H,3,9-10H2,1-2H3,(H,20,21)/t16-/m1/s1. The summed E-state index contributed by atoms with van der Waals surface area (Å²) < 4.78 is 16.8. The summed E-state index contributed by atoms with van der Waals surface area (Å²) in [6.45, 7) is 4.96. The van der Waals surface area contributed by atoms with Crippen LogP contribution in [-0.2, 0) is 4.79 Å². The second-order valence-electron chi connectivity index (χ2n) is 5.68. The number of rotatable bonds is 5. The lowest BCUT2D eigenvalue weighted by Gasteiger charge is -2.20. The number of benzene rings is 2. The van der Waals surface area contributed by atoms with Crippen molar-refractivity contribution in [3.8, 4) is 17.2 Å². The van der Waals surface area contributed by atoms with Crippen molar-refractivity contribution >= 4 is 11.6 Å². The third-order valence-corrected chi connectivity index (χ3v) is 3.74. The molecule has 3 rings (SSSR count). The van der Waals surface area contributed by atoms with Crippen LogP contribution in [0.5, 0.6) is 17.2 Å². The molecule has 5 heteroatoms. The molecule has 1 aliphatic heterocycles. The second-order valence-corrected chi connectivity index (χ2v) is 5.68. The topological polar surface area (TPSA) is 56.8 Å². The number of amides is 1. The number of fused-ring (bicyclic) bond motifs is 1. The zero-order chi connectivity index (χ0) is 16.9. The van der Waals surface area contributed by atoms with E-state index in [-0.39, 0.29) is 5.91 Å². The number of carbonyl (C=O) groups is 1. The highest BCUT2D eigenvalue weighted by Gasteiger charge is 2.20. The highest BCUT2D eigenvalue weighted by molar-refractivity contribution is 5.94. The minimum absolute atomic E-state index is 0.185. The predicted octanol–water partition coefficient (Wildman–Crippen LogP) is 3.56. The number of carbonyl (C=O) groups excluding carboxylic acids is 1. The number of ether oxygens (including phenoxy) is 3. The van der Waals surface area contributed by atoms with Gasteiger partial charge in [-0.1, -0.05) is 19.1 Å². The van der Waals surface area contributed by atoms with E-state index in [0.29, 0.717) is 42.6 Å². The molecule has 0 fully saturated rings. The van der Waals surface area contributed by atoms with Crippen LogP contribution in [0.4, 0.5) is 5.69 Å². The number of anilines is 1. The van der Waals surface area contributed by atoms with Crippen LogP contribution in [0.25, 0.3) is 0 Å². The second kappa shape index (κ2) is 7.25. The summed E-state index contributed by atoms with van der Waals surface area (Å²) in [6, 6.07) is 13.0. The molecule has 0 aromatic heterocycles. The van der Waals surface area contributed by atoms with E-state index < -0.39 is 6.10 Å². The third kappa shape index (κ3) is 3.79. The number of hydrogen-bond acceptors (Lipinski definition) is 4. The Bertz CT molecular complexity index is 729. The first kappa shape index (κ1) is 16.2. The van der Waals surface area contributed by atoms with Gasteiger partial charge in [0.1, 0.15) is 19.0 Å². The summed E-state index contributed by atoms with van der Waals surface area (Å²) >= 11 is 0. The SMILES string of the molecule is CC[C@@H](Oc1cccc(C)c1)C(=O)Nc1ccc2c(c1)OCCO2. The van der Waals surface area contributed by atoms with E-state index >= 15 is 0 Å². The molecule has 1 aliphatic rings. The van der Waals surface area contributed by atoms with Crippen LogP contribution >= 0.6 is 0 Å². The summed E-state index contributed by atoms with van der Waals surface area (Å²) in [7, 11) is 0. The van der Waals surface area contributed by atoms with Crippen LogP contribution in [0.2, 0.25) is 0 Å². The fourth-order valence-corrected chi connectivity index (χ4v) is 2.52. The molecular weight excluding hydrogens is 306 g/mol. The Morgan fingerprint density at radius 2 is 1.96 bits per heavy atom. The fourth-order valence-electron chi connectivity index (χ4n) is 2.52. The minimum atomic E-state index is -0.556. The molecule has 126 valence electrons. The van der Waals surface area contributed by atoms with Crippen molar-refractivity contribution in [1.29, 1.82) is 0 Å². The molecule has 24 heavy (non-hydrogen) atoms. The molecule has 0 saturated carbocycles. The van der Waals surface area contributed by atoms with Gasteiger partial charge in [0.2, 0.25) is 0 Å². The summed E-state index contributed by atoms with van der Waals surface area (Å²) in [6.07, 6.45) is 0.0182. The summed E-state index contributed by atoms with van der Waals surface area (Å²) in [5, 5.41) is 2.88. The number of nitrogens with one attached hydrogen (secondary N) is 1. The van der Waals surface area contributed by atoms with Crippen LogP contribution in [0.1, 0.15) is 18.9 Å². The van der Waals surface area contributed by atoms with E-state index in [9.17, 15) is 4.79 Å². The van der Waals surface area contributed by atoms with Crippen molar-refractivity contribution in [3.05, 3.63) is 48.0 Å². The molecule has 2 aromatic rings. The molecule has 1 amide bonds. The van der Waals surface area contributed by atoms with Gasteiger partial charge in [0.15, 0.2) is 17.6 Å². The summed E-state index contributed by atoms with van der Waals surface area (Å²) in [4.78, 5) is 12.5. The largest absolute Gasteiger partial charge is 0.486 e. The molecule has 0 bridgehead atoms. The summed E-state index contributed by atoms with van der Waals surface area (Å²) in [5.74, 6) is 1.85. The van der Waals surface area contributed by atoms with Gasteiger partial charge in [-0.3, -0.25) is 4.79 Å². The van der Waals surface area contributed by atoms with E-state index in [0.717, 1.165) is 5.56 Å². The number of hydrogen-bond donors (Lipinski definition) is 1. The van der Waals surface area contributed by atoms with Crippen molar-refractivity contribution in [1.82, 2.24) is 0 Å². The first-order valence-electron chi connectivity index (χ1n) is 8.09. The van der Waals surface area contributed by atoms with Crippen LogP contribution in [0.15, 0.2) is 42.5 Å². The van der Waals surface area contributed by atoms with Gasteiger partial charge < -0.3 is 19.5 Å². The van der Waals surface area contributed by atoms with Crippen molar-refractivity contribution in [2.24, 2.45) is 0 Å². The van der Waals surface area contributed by atoms with Crippen LogP contribution in [-0.4, -0.2) is 25.2 Å². The molecule has 0 radical (unpaired) electrons. The highest BCUT2D eigenvalue weighted by Crippen LogP contribution is 2.32. The molecule has 1 atom stereocenters. The van der Waals surface area contributed by atoms with Gasteiger partial charge in [-0.05, 0) is 43.2 Å². The van der Waals surface area contributed by atoms with Crippen LogP contribution in [0, 0.1) is 6.92 Å². The van der Waals surface area contributed by atoms with E-state index in [4.69, 9.17) is 14.2 Å². The quantitative estimate of drug-likeness (QED) is 0.912. The molecule has 1 heterocycles. The van der Waals surface area contributed by atoms with Crippen LogP contribution in [0.3, 0.4) is 0 Å². The van der Waals surface area contributed by atoms with Gasteiger partial charge in [-0.25, -0.2) is 0 Å². The minimum Gasteiger partial charge on any atom is -0.486 e. The Labute approximate surface area is 141 Å². The highest BCUT2D eigenvalue weighted by atomic mass is 16.6. The van der Waals surface area contributed by atoms with Gasteiger partial charge in [-0.15, -0.1) is 0 Å². The van der Waals surface area contributed by atoms with E-state index in [1.165, 1.54) is 0 Å². The maximum absolute atomic E-state index is 12.5. The number of aryl methyl sites for hydroxylation is 1. The predicted molar refractivity (Wildman–Crippen MR) is 91.9 cm³/mol. The monoisotopic (exact) mass is 327 g/mol. The summed E-state index contributed by atoms with van der Waals surface area (Å²) in [5.41, 5.74) is 1.75. The average Bonchev–Trinajstić information content (AvgIpc) is 2.59. The Hall–Kier alpha value is -2.69. The normalized spacial score (nSPS) is 13.9. The zero-order valence-electron chi connectivity index (χ0n) is 13.9. The van der Waals surface area contributed by atoms with Crippen molar-refractivity contribution in [2.45, 2.75) is 26.4 Å². The average molecular weight is 327 g/mol. The lowest BCUT2D eigenvalue weighted by atomic mass is 10.2. The van der Waals surface area contributed by atoms with Crippen molar-refractivity contribution in [3.63, 3.8) is 0 Å². The Morgan fingerprint density at radius 3 is 2.71 bits per heavy atom. The fraction of sp³-hybridized carbons (Fsp3) is 0.316. The molecule has 0 saturated heterocycles. The molecule has 5 nitrogen and oxygen atoms in total. The van der Waals surface area contributed by atoms with Crippen LogP contribution < -0.4 is 19.5 Å². The van der Waals surface area contributed by atoms with E-state index in [1.54, 1.807) is 18.2 Å². The maximum Gasteiger partial charge on any atom is 0.265 e. The molecule has 0 aliphatic carbocycles. The molecular formula is C19H21NO4. The third-order valence-electron chi connectivity index (χ3n) is 3.74. The van der Waals surface area contributed by atoms with Crippen molar-refractivity contribution in [2.75, 3.05) is 18.5 Å². The van der Waals surface area contributed by atoms with Crippen molar-refractivity contribution < 1.29 is 19.0 Å².